The van der Waals surface area contributed by atoms with E-state index < -0.39 is 5.50 Å². The number of nitrogens with zero attached hydrogens (tertiary/aromatic N) is 2. The Bertz CT molecular complexity index is 511. The Kier molecular flexibility index (Phi) is 4.31. The lowest BCUT2D eigenvalue weighted by atomic mass is 10.2. The van der Waals surface area contributed by atoms with Gasteiger partial charge in [0.15, 0.2) is 5.50 Å². The van der Waals surface area contributed by atoms with E-state index in [-0.39, 0.29) is 0 Å². The van der Waals surface area contributed by atoms with Crippen molar-refractivity contribution in [3.8, 4) is 5.75 Å². The average molecular weight is 261 g/mol. The first kappa shape index (κ1) is 12.6. The minimum Gasteiger partial charge on any atom is -0.497 e. The quantitative estimate of drug-likeness (QED) is 0.445. The first-order valence-corrected chi connectivity index (χ1v) is 5.97. The largest absolute Gasteiger partial charge is 0.497 e. The van der Waals surface area contributed by atoms with Crippen LogP contribution in [-0.4, -0.2) is 7.11 Å². The molecule has 3 nitrogen and oxygen atoms in total. The first-order valence-electron chi connectivity index (χ1n) is 5.53. The lowest BCUT2D eigenvalue weighted by Crippen LogP contribution is -1.87. The predicted molar refractivity (Wildman–Crippen MR) is 72.5 cm³/mol. The second-order valence-corrected chi connectivity index (χ2v) is 4.07. The van der Waals surface area contributed by atoms with Crippen molar-refractivity contribution in [1.29, 1.82) is 0 Å². The van der Waals surface area contributed by atoms with Crippen LogP contribution in [0.2, 0.25) is 0 Å². The number of hydrogen-bond donors (Lipinski definition) is 0. The lowest BCUT2D eigenvalue weighted by molar-refractivity contribution is 0.414. The van der Waals surface area contributed by atoms with Crippen molar-refractivity contribution in [2.75, 3.05) is 7.11 Å². The summed E-state index contributed by atoms with van der Waals surface area (Å²) in [5.74, 6) is 0.794. The fourth-order valence-electron chi connectivity index (χ4n) is 1.44. The molecule has 18 heavy (non-hydrogen) atoms. The topological polar surface area (TPSA) is 34.0 Å². The van der Waals surface area contributed by atoms with E-state index in [9.17, 15) is 0 Å². The van der Waals surface area contributed by atoms with Gasteiger partial charge in [0.1, 0.15) is 5.75 Å². The van der Waals surface area contributed by atoms with Crippen LogP contribution in [0.1, 0.15) is 11.1 Å². The van der Waals surface area contributed by atoms with Gasteiger partial charge in [-0.05, 0) is 29.8 Å². The first-order chi connectivity index (χ1) is 8.79. The summed E-state index contributed by atoms with van der Waals surface area (Å²) in [6, 6.07) is 16.9. The van der Waals surface area contributed by atoms with Crippen LogP contribution in [0.4, 0.5) is 5.69 Å². The van der Waals surface area contributed by atoms with Crippen LogP contribution in [0.25, 0.3) is 0 Å². The molecule has 2 rings (SSSR count). The summed E-state index contributed by atoms with van der Waals surface area (Å²) in [5.41, 5.74) is 1.19. The maximum Gasteiger partial charge on any atom is 0.169 e. The Labute approximate surface area is 111 Å². The van der Waals surface area contributed by atoms with Gasteiger partial charge < -0.3 is 4.74 Å². The van der Waals surface area contributed by atoms with Crippen LogP contribution in [0, 0.1) is 0 Å². The summed E-state index contributed by atoms with van der Waals surface area (Å²) in [6.45, 7) is 0. The normalized spacial score (nSPS) is 12.6. The predicted octanol–water partition coefficient (Wildman–Crippen LogP) is 4.72. The van der Waals surface area contributed by atoms with Crippen LogP contribution in [0.5, 0.6) is 5.75 Å². The van der Waals surface area contributed by atoms with Gasteiger partial charge in [0.2, 0.25) is 0 Å². The molecule has 2 aromatic rings. The molecule has 0 radical (unpaired) electrons. The van der Waals surface area contributed by atoms with E-state index in [0.717, 1.165) is 17.0 Å². The molecule has 0 aromatic heterocycles. The minimum atomic E-state index is -0.490. The fourth-order valence-corrected chi connectivity index (χ4v) is 1.63. The zero-order valence-electron chi connectivity index (χ0n) is 9.95. The molecule has 0 saturated carbocycles. The highest BCUT2D eigenvalue weighted by Gasteiger charge is 2.05. The Morgan fingerprint density at radius 1 is 1.00 bits per heavy atom. The van der Waals surface area contributed by atoms with E-state index in [0.29, 0.717) is 0 Å². The van der Waals surface area contributed by atoms with Gasteiger partial charge >= 0.3 is 0 Å². The number of benzene rings is 2. The number of alkyl halides is 1. The van der Waals surface area contributed by atoms with Gasteiger partial charge in [-0.3, -0.25) is 0 Å². The number of rotatable bonds is 4. The van der Waals surface area contributed by atoms with Crippen molar-refractivity contribution in [3.05, 3.63) is 60.2 Å². The highest BCUT2D eigenvalue weighted by Crippen LogP contribution is 2.25. The lowest BCUT2D eigenvalue weighted by Gasteiger charge is -2.04. The van der Waals surface area contributed by atoms with Gasteiger partial charge in [-0.25, -0.2) is 0 Å². The molecule has 0 aliphatic heterocycles. The van der Waals surface area contributed by atoms with E-state index >= 15 is 0 Å². The molecule has 0 aliphatic rings. The molecular weight excluding hydrogens is 248 g/mol. The van der Waals surface area contributed by atoms with Gasteiger partial charge in [0.25, 0.3) is 0 Å². The highest BCUT2D eigenvalue weighted by molar-refractivity contribution is 6.20. The number of methoxy groups -OCH3 is 1. The summed E-state index contributed by atoms with van der Waals surface area (Å²) in [4.78, 5) is 0. The summed E-state index contributed by atoms with van der Waals surface area (Å²) in [5, 5.41) is 8.16. The SMILES string of the molecule is COc1ccc(C(Cl)N=Nc2ccccc2)cc1. The third-order valence-corrected chi connectivity index (χ3v) is 2.76. The maximum absolute atomic E-state index is 6.15. The van der Waals surface area contributed by atoms with Crippen LogP contribution >= 0.6 is 11.6 Å². The highest BCUT2D eigenvalue weighted by atomic mass is 35.5. The summed E-state index contributed by atoms with van der Waals surface area (Å²) in [6.07, 6.45) is 0. The third kappa shape index (κ3) is 3.31. The molecule has 0 amide bonds. The Hall–Kier alpha value is -1.87. The molecule has 4 heteroatoms. The van der Waals surface area contributed by atoms with Crippen molar-refractivity contribution in [2.24, 2.45) is 10.2 Å². The van der Waals surface area contributed by atoms with E-state index in [1.54, 1.807) is 7.11 Å². The maximum atomic E-state index is 6.15. The van der Waals surface area contributed by atoms with E-state index in [1.165, 1.54) is 0 Å². The van der Waals surface area contributed by atoms with Crippen LogP contribution in [0.15, 0.2) is 64.8 Å². The molecule has 92 valence electrons. The van der Waals surface area contributed by atoms with Gasteiger partial charge in [0, 0.05) is 0 Å². The van der Waals surface area contributed by atoms with Crippen molar-refractivity contribution in [2.45, 2.75) is 5.50 Å². The third-order valence-electron chi connectivity index (χ3n) is 2.42. The molecule has 0 bridgehead atoms. The van der Waals surface area contributed by atoms with Crippen LogP contribution < -0.4 is 4.74 Å². The average Bonchev–Trinajstić information content (AvgIpc) is 2.46. The standard InChI is InChI=1S/C14H13ClN2O/c1-18-13-9-7-11(8-10-13)14(15)17-16-12-5-3-2-4-6-12/h2-10,14H,1H3. The van der Waals surface area contributed by atoms with Crippen LogP contribution in [0.3, 0.4) is 0 Å². The molecule has 0 spiro atoms. The number of hydrogen-bond acceptors (Lipinski definition) is 3. The summed E-state index contributed by atoms with van der Waals surface area (Å²) in [7, 11) is 1.63. The summed E-state index contributed by atoms with van der Waals surface area (Å²) < 4.78 is 5.08. The van der Waals surface area contributed by atoms with E-state index in [2.05, 4.69) is 10.2 Å². The van der Waals surface area contributed by atoms with Crippen molar-refractivity contribution in [3.63, 3.8) is 0 Å². The van der Waals surface area contributed by atoms with Crippen molar-refractivity contribution >= 4 is 17.3 Å². The van der Waals surface area contributed by atoms with Gasteiger partial charge in [0.05, 0.1) is 12.8 Å². The molecule has 0 aliphatic carbocycles. The van der Waals surface area contributed by atoms with Gasteiger partial charge in [-0.15, -0.1) is 0 Å². The smallest absolute Gasteiger partial charge is 0.169 e. The van der Waals surface area contributed by atoms with Crippen molar-refractivity contribution in [1.82, 2.24) is 0 Å². The Morgan fingerprint density at radius 3 is 2.28 bits per heavy atom. The van der Waals surface area contributed by atoms with Crippen LogP contribution in [-0.2, 0) is 0 Å². The second-order valence-electron chi connectivity index (χ2n) is 3.66. The minimum absolute atomic E-state index is 0.490. The molecule has 1 unspecified atom stereocenters. The fraction of sp³-hybridized carbons (Fsp3) is 0.143. The zero-order chi connectivity index (χ0) is 12.8. The van der Waals surface area contributed by atoms with E-state index in [1.807, 2.05) is 54.6 Å². The number of azo groups is 1. The Balaban J connectivity index is 2.07. The molecule has 0 heterocycles. The molecule has 2 aromatic carbocycles. The molecular formula is C14H13ClN2O. The van der Waals surface area contributed by atoms with E-state index in [4.69, 9.17) is 16.3 Å². The van der Waals surface area contributed by atoms with Gasteiger partial charge in [-0.1, -0.05) is 41.9 Å². The van der Waals surface area contributed by atoms with Gasteiger partial charge in [-0.2, -0.15) is 10.2 Å². The van der Waals surface area contributed by atoms with Crippen molar-refractivity contribution < 1.29 is 4.74 Å². The molecule has 1 atom stereocenters. The number of ether oxygens (including phenoxy) is 1. The zero-order valence-corrected chi connectivity index (χ0v) is 10.7. The second kappa shape index (κ2) is 6.17. The molecule has 0 fully saturated rings. The molecule has 0 saturated heterocycles. The molecule has 0 N–H and O–H groups in total. The monoisotopic (exact) mass is 260 g/mol. The Morgan fingerprint density at radius 2 is 1.67 bits per heavy atom. The summed E-state index contributed by atoms with van der Waals surface area (Å²) >= 11 is 6.15. The number of halogens is 1.